The predicted octanol–water partition coefficient (Wildman–Crippen LogP) is 9.33. The van der Waals surface area contributed by atoms with E-state index in [1.807, 2.05) is 109 Å². The third kappa shape index (κ3) is 8.85. The summed E-state index contributed by atoms with van der Waals surface area (Å²) in [6.07, 6.45) is 45.4. The first-order chi connectivity index (χ1) is 17.9. The summed E-state index contributed by atoms with van der Waals surface area (Å²) in [6.45, 7) is 0. The van der Waals surface area contributed by atoms with Gasteiger partial charge in [-0.25, -0.2) is 0 Å². The monoisotopic (exact) mass is 527 g/mol. The minimum Gasteiger partial charge on any atom is -0.665 e. The van der Waals surface area contributed by atoms with E-state index in [1.165, 1.54) is 0 Å². The number of rotatable bonds is 0. The molecule has 0 unspecified atom stereocenters. The molecule has 6 aliphatic rings. The van der Waals surface area contributed by atoms with Gasteiger partial charge >= 0.3 is 16.8 Å². The number of nitrogens with zero attached hydrogens (tertiary/aromatic N) is 6. The summed E-state index contributed by atoms with van der Waals surface area (Å²) in [6, 6.07) is 0. The summed E-state index contributed by atoms with van der Waals surface area (Å²) in [5.41, 5.74) is 5.49. The van der Waals surface area contributed by atoms with Crippen molar-refractivity contribution in [3.63, 3.8) is 0 Å². The molecule has 0 fully saturated rings. The van der Waals surface area contributed by atoms with Crippen LogP contribution in [0.2, 0.25) is 0 Å². The van der Waals surface area contributed by atoms with E-state index < -0.39 is 0 Å². The summed E-state index contributed by atoms with van der Waals surface area (Å²) in [4.78, 5) is 0. The topological polar surface area (TPSA) is 84.6 Å². The Morgan fingerprint density at radius 3 is 0.514 bits per heavy atom. The van der Waals surface area contributed by atoms with Gasteiger partial charge in [-0.15, -0.1) is 0 Å². The molecule has 0 aromatic carbocycles. The van der Waals surface area contributed by atoms with E-state index in [2.05, 4.69) is 31.9 Å². The molecule has 6 rings (SSSR count). The van der Waals surface area contributed by atoms with Gasteiger partial charge in [0.05, 0.1) is 0 Å². The molecule has 0 atom stereocenters. The summed E-state index contributed by atoms with van der Waals surface area (Å²) in [5, 5.41) is 25.1. The van der Waals surface area contributed by atoms with E-state index in [4.69, 9.17) is 0 Å². The van der Waals surface area contributed by atoms with Gasteiger partial charge in [-0.05, 0) is 0 Å². The van der Waals surface area contributed by atoms with Crippen molar-refractivity contribution in [3.05, 3.63) is 213 Å². The van der Waals surface area contributed by atoms with Gasteiger partial charge in [0.1, 0.15) is 0 Å². The van der Waals surface area contributed by atoms with Crippen molar-refractivity contribution in [1.29, 1.82) is 0 Å². The van der Waals surface area contributed by atoms with Crippen molar-refractivity contribution in [2.75, 3.05) is 0 Å². The zero-order chi connectivity index (χ0) is 24.7. The van der Waals surface area contributed by atoms with E-state index in [9.17, 15) is 0 Å². The zero-order valence-corrected chi connectivity index (χ0v) is 20.9. The van der Waals surface area contributed by atoms with E-state index in [0.717, 1.165) is 34.2 Å². The molecule has 0 N–H and O–H groups in total. The number of hydrogen-bond acceptors (Lipinski definition) is 0. The van der Waals surface area contributed by atoms with Crippen LogP contribution in [0.25, 0.3) is 31.9 Å². The van der Waals surface area contributed by atoms with E-state index in [-0.39, 0.29) is 16.8 Å². The number of allylic oxidation sites excluding steroid dienone is 18. The van der Waals surface area contributed by atoms with Crippen LogP contribution in [-0.2, 0) is 16.8 Å². The van der Waals surface area contributed by atoms with Gasteiger partial charge in [-0.1, -0.05) is 109 Å². The van der Waals surface area contributed by atoms with Crippen molar-refractivity contribution >= 4 is 0 Å². The fourth-order valence-electron chi connectivity index (χ4n) is 3.09. The smallest absolute Gasteiger partial charge is 0.665 e. The van der Waals surface area contributed by atoms with Crippen LogP contribution in [-0.4, -0.2) is 0 Å². The average Bonchev–Trinajstić information content (AvgIpc) is 3.01. The van der Waals surface area contributed by atoms with Gasteiger partial charge in [-0.3, -0.25) is 0 Å². The second-order valence-corrected chi connectivity index (χ2v) is 7.29. The van der Waals surface area contributed by atoms with Crippen molar-refractivity contribution in [3.8, 4) is 0 Å². The maximum absolute atomic E-state index is 4.19. The van der Waals surface area contributed by atoms with E-state index in [0.29, 0.717) is 0 Å². The molecule has 0 saturated heterocycles. The normalized spacial score (nSPS) is 24.6. The quantitative estimate of drug-likeness (QED) is 0.301. The molecule has 0 aromatic rings. The average molecular weight is 527 g/mol. The Labute approximate surface area is 229 Å². The molecule has 0 bridgehead atoms. The largest absolute Gasteiger partial charge is 3.00 e. The first-order valence-electron chi connectivity index (χ1n) is 11.4. The van der Waals surface area contributed by atoms with Gasteiger partial charge < -0.3 is 31.9 Å². The molecule has 0 spiro atoms. The SMILES string of the molecule is C1=C[N-]C(=C2C=CC=C[N-]2)C=C1.C1=C[N-]C(=C2C=CC=C[N-]2)C=C1.C1=C[N-]C(=C2C=CC=C[N-]2)C=C1.[Co+3]. The zero-order valence-electron chi connectivity index (χ0n) is 19.9. The van der Waals surface area contributed by atoms with Crippen LogP contribution in [0.4, 0.5) is 0 Å². The molecule has 37 heavy (non-hydrogen) atoms. The molecule has 0 radical (unpaired) electrons. The Balaban J connectivity index is 0.000000152. The first kappa shape index (κ1) is 27.0. The third-order valence-electron chi connectivity index (χ3n) is 4.78. The van der Waals surface area contributed by atoms with E-state index in [1.54, 1.807) is 37.2 Å². The van der Waals surface area contributed by atoms with Crippen LogP contribution >= 0.6 is 0 Å². The summed E-state index contributed by atoms with van der Waals surface area (Å²) in [5.74, 6) is 0. The minimum absolute atomic E-state index is 0. The van der Waals surface area contributed by atoms with Gasteiger partial charge in [0, 0.05) is 0 Å². The molecular weight excluding hydrogens is 503 g/mol. The van der Waals surface area contributed by atoms with Crippen molar-refractivity contribution in [2.45, 2.75) is 0 Å². The Bertz CT molecular complexity index is 1020. The maximum atomic E-state index is 4.19. The van der Waals surface area contributed by atoms with Crippen LogP contribution in [0, 0.1) is 0 Å². The molecule has 0 aliphatic carbocycles. The summed E-state index contributed by atoms with van der Waals surface area (Å²) < 4.78 is 0. The fourth-order valence-corrected chi connectivity index (χ4v) is 3.09. The molecule has 7 heteroatoms. The molecule has 0 amide bonds. The van der Waals surface area contributed by atoms with Gasteiger partial charge in [0.15, 0.2) is 0 Å². The Morgan fingerprint density at radius 1 is 0.243 bits per heavy atom. The summed E-state index contributed by atoms with van der Waals surface area (Å²) in [7, 11) is 0. The van der Waals surface area contributed by atoms with Crippen LogP contribution < -0.4 is 0 Å². The fraction of sp³-hybridized carbons (Fsp3) is 0. The number of hydrogen-bond donors (Lipinski definition) is 0. The standard InChI is InChI=1S/3C10H8N2.Co/c3*1-3-7-11-9(5-1)10-6-2-4-8-12-10;/h3*1-8H;/q3*-2;+3. The molecule has 186 valence electrons. The predicted molar refractivity (Wildman–Crippen MR) is 151 cm³/mol. The Hall–Kier alpha value is -4.59. The van der Waals surface area contributed by atoms with Crippen LogP contribution in [0.1, 0.15) is 0 Å². The summed E-state index contributed by atoms with van der Waals surface area (Å²) >= 11 is 0. The van der Waals surface area contributed by atoms with Gasteiger partial charge in [0.2, 0.25) is 0 Å². The second kappa shape index (κ2) is 15.4. The van der Waals surface area contributed by atoms with Crippen LogP contribution in [0.5, 0.6) is 0 Å². The molecule has 0 aromatic heterocycles. The molecule has 6 heterocycles. The Morgan fingerprint density at radius 2 is 0.405 bits per heavy atom. The van der Waals surface area contributed by atoms with Crippen molar-refractivity contribution < 1.29 is 16.8 Å². The first-order valence-corrected chi connectivity index (χ1v) is 11.4. The second-order valence-electron chi connectivity index (χ2n) is 7.29. The van der Waals surface area contributed by atoms with Crippen molar-refractivity contribution in [2.24, 2.45) is 0 Å². The van der Waals surface area contributed by atoms with E-state index >= 15 is 0 Å². The van der Waals surface area contributed by atoms with Crippen LogP contribution in [0.3, 0.4) is 0 Å². The van der Waals surface area contributed by atoms with Gasteiger partial charge in [-0.2, -0.15) is 71.4 Å². The van der Waals surface area contributed by atoms with Gasteiger partial charge in [0.25, 0.3) is 0 Å². The van der Waals surface area contributed by atoms with Crippen LogP contribution in [0.15, 0.2) is 181 Å². The van der Waals surface area contributed by atoms with Crippen molar-refractivity contribution in [1.82, 2.24) is 0 Å². The molecule has 0 saturated carbocycles. The third-order valence-corrected chi connectivity index (χ3v) is 4.78. The Kier molecular flexibility index (Phi) is 11.2. The maximum Gasteiger partial charge on any atom is 3.00 e. The molecular formula is C30H24CoN6-3. The molecule has 6 nitrogen and oxygen atoms in total. The molecule has 6 aliphatic heterocycles. The minimum atomic E-state index is 0.